The number of aliphatic hydroxyl groups is 1. The maximum Gasteiger partial charge on any atom is 0.252 e. The van der Waals surface area contributed by atoms with Crippen molar-refractivity contribution in [2.45, 2.75) is 18.6 Å². The number of carbonyl (C=O) groups is 1. The van der Waals surface area contributed by atoms with Crippen molar-refractivity contribution in [3.05, 3.63) is 100 Å². The summed E-state index contributed by atoms with van der Waals surface area (Å²) < 4.78 is 26.6. The molecule has 0 radical (unpaired) electrons. The molecule has 9 heteroatoms. The van der Waals surface area contributed by atoms with E-state index in [1.807, 2.05) is 0 Å². The van der Waals surface area contributed by atoms with Crippen LogP contribution in [0.2, 0.25) is 5.02 Å². The van der Waals surface area contributed by atoms with Gasteiger partial charge in [0.1, 0.15) is 24.4 Å². The monoisotopic (exact) mass is 482 g/mol. The predicted molar refractivity (Wildman–Crippen MR) is 126 cm³/mol. The number of aliphatic hydroxyl groups excluding tert-OH is 1. The van der Waals surface area contributed by atoms with Gasteiger partial charge in [0.05, 0.1) is 28.9 Å². The van der Waals surface area contributed by atoms with Crippen molar-refractivity contribution < 1.29 is 18.7 Å². The first-order valence-corrected chi connectivity index (χ1v) is 10.9. The Kier molecular flexibility index (Phi) is 7.40. The lowest BCUT2D eigenvalue weighted by atomic mass is 9.99. The molecule has 2 aromatic carbocycles. The highest BCUT2D eigenvalue weighted by molar-refractivity contribution is 6.37. The number of allylic oxidation sites excluding steroid dienone is 1. The van der Waals surface area contributed by atoms with Crippen LogP contribution in [0.4, 0.5) is 8.78 Å². The Morgan fingerprint density at radius 3 is 2.56 bits per heavy atom. The quantitative estimate of drug-likeness (QED) is 0.511. The van der Waals surface area contributed by atoms with Crippen LogP contribution in [0.25, 0.3) is 5.57 Å². The summed E-state index contributed by atoms with van der Waals surface area (Å²) in [4.78, 5) is 25.9. The number of hydrogen-bond donors (Lipinski definition) is 2. The van der Waals surface area contributed by atoms with Crippen LogP contribution in [0, 0.1) is 5.82 Å². The molecule has 1 aromatic heterocycles. The molecule has 1 aliphatic heterocycles. The minimum Gasteiger partial charge on any atom is -0.388 e. The van der Waals surface area contributed by atoms with Gasteiger partial charge in [0.15, 0.2) is 0 Å². The first-order valence-electron chi connectivity index (χ1n) is 10.6. The first-order chi connectivity index (χ1) is 16.5. The first kappa shape index (κ1) is 23.7. The molecule has 1 amide bonds. The van der Waals surface area contributed by atoms with Crippen molar-refractivity contribution >= 4 is 28.8 Å². The lowest BCUT2D eigenvalue weighted by Gasteiger charge is -2.22. The second kappa shape index (κ2) is 10.6. The van der Waals surface area contributed by atoms with E-state index < -0.39 is 24.7 Å². The molecule has 0 bridgehead atoms. The van der Waals surface area contributed by atoms with Crippen LogP contribution in [0.15, 0.2) is 72.0 Å². The Bertz CT molecular complexity index is 1230. The van der Waals surface area contributed by atoms with Crippen molar-refractivity contribution in [3.63, 3.8) is 0 Å². The van der Waals surface area contributed by atoms with E-state index in [4.69, 9.17) is 11.6 Å². The molecule has 0 spiro atoms. The fourth-order valence-electron chi connectivity index (χ4n) is 3.66. The Labute approximate surface area is 200 Å². The SMILES string of the molecule is O=C(N[C@H](Cc1ncccn1)[C@@H](O)CF)c1cccc(Cl)c1C1=NCC(c2ccc(F)cc2)=C1. The van der Waals surface area contributed by atoms with Crippen LogP contribution in [-0.2, 0) is 6.42 Å². The smallest absolute Gasteiger partial charge is 0.252 e. The van der Waals surface area contributed by atoms with Gasteiger partial charge in [-0.05, 0) is 47.5 Å². The third kappa shape index (κ3) is 5.35. The molecule has 2 atom stereocenters. The molecule has 0 unspecified atom stereocenters. The second-order valence-corrected chi connectivity index (χ2v) is 8.12. The normalized spacial score (nSPS) is 14.8. The Morgan fingerprint density at radius 1 is 1.12 bits per heavy atom. The molecule has 1 aliphatic rings. The topological polar surface area (TPSA) is 87.5 Å². The molecule has 3 aromatic rings. The van der Waals surface area contributed by atoms with Gasteiger partial charge in [-0.1, -0.05) is 29.8 Å². The summed E-state index contributed by atoms with van der Waals surface area (Å²) in [5.74, 6) is -0.518. The number of aromatic nitrogens is 2. The zero-order valence-corrected chi connectivity index (χ0v) is 18.7. The predicted octanol–water partition coefficient (Wildman–Crippen LogP) is 3.83. The number of carbonyl (C=O) groups excluding carboxylic acids is 1. The van der Waals surface area contributed by atoms with Crippen LogP contribution in [0.3, 0.4) is 0 Å². The van der Waals surface area contributed by atoms with Crippen molar-refractivity contribution in [2.24, 2.45) is 4.99 Å². The van der Waals surface area contributed by atoms with Gasteiger partial charge in [-0.25, -0.2) is 18.7 Å². The summed E-state index contributed by atoms with van der Waals surface area (Å²) >= 11 is 6.46. The Hall–Kier alpha value is -3.49. The molecule has 2 heterocycles. The average Bonchev–Trinajstić information content (AvgIpc) is 3.33. The van der Waals surface area contributed by atoms with E-state index >= 15 is 0 Å². The van der Waals surface area contributed by atoms with Gasteiger partial charge in [-0.15, -0.1) is 0 Å². The minimum atomic E-state index is -1.44. The van der Waals surface area contributed by atoms with E-state index in [2.05, 4.69) is 20.3 Å². The van der Waals surface area contributed by atoms with E-state index in [0.29, 0.717) is 28.7 Å². The Balaban J connectivity index is 1.60. The summed E-state index contributed by atoms with van der Waals surface area (Å²) in [6.45, 7) is -0.696. The van der Waals surface area contributed by atoms with E-state index in [1.54, 1.807) is 42.5 Å². The molecule has 0 saturated carbocycles. The van der Waals surface area contributed by atoms with Crippen molar-refractivity contribution in [2.75, 3.05) is 13.2 Å². The third-order valence-electron chi connectivity index (χ3n) is 5.42. The summed E-state index contributed by atoms with van der Waals surface area (Å²) in [6, 6.07) is 11.6. The molecule has 0 fully saturated rings. The van der Waals surface area contributed by atoms with Gasteiger partial charge >= 0.3 is 0 Å². The highest BCUT2D eigenvalue weighted by atomic mass is 35.5. The van der Waals surface area contributed by atoms with Crippen molar-refractivity contribution in [1.29, 1.82) is 0 Å². The molecule has 6 nitrogen and oxygen atoms in total. The number of nitrogens with zero attached hydrogens (tertiary/aromatic N) is 3. The molecular weight excluding hydrogens is 462 g/mol. The van der Waals surface area contributed by atoms with Crippen LogP contribution in [0.5, 0.6) is 0 Å². The summed E-state index contributed by atoms with van der Waals surface area (Å²) in [7, 11) is 0. The fraction of sp³-hybridized carbons (Fsp3) is 0.200. The molecule has 174 valence electrons. The number of nitrogens with one attached hydrogen (secondary N) is 1. The number of halogens is 3. The van der Waals surface area contributed by atoms with E-state index in [-0.39, 0.29) is 17.8 Å². The van der Waals surface area contributed by atoms with Gasteiger partial charge in [0.25, 0.3) is 5.91 Å². The molecule has 0 saturated heterocycles. The summed E-state index contributed by atoms with van der Waals surface area (Å²) in [5, 5.41) is 13.2. The zero-order chi connectivity index (χ0) is 24.1. The summed E-state index contributed by atoms with van der Waals surface area (Å²) in [5.41, 5.74) is 2.82. The minimum absolute atomic E-state index is 0.0448. The fourth-order valence-corrected chi connectivity index (χ4v) is 3.93. The number of hydrogen-bond acceptors (Lipinski definition) is 5. The van der Waals surface area contributed by atoms with Crippen LogP contribution >= 0.6 is 11.6 Å². The average molecular weight is 483 g/mol. The molecule has 4 rings (SSSR count). The highest BCUT2D eigenvalue weighted by Gasteiger charge is 2.26. The number of amides is 1. The third-order valence-corrected chi connectivity index (χ3v) is 5.74. The van der Waals surface area contributed by atoms with E-state index in [9.17, 15) is 18.7 Å². The van der Waals surface area contributed by atoms with Gasteiger partial charge in [-0.2, -0.15) is 0 Å². The van der Waals surface area contributed by atoms with Gasteiger partial charge < -0.3 is 10.4 Å². The van der Waals surface area contributed by atoms with E-state index in [0.717, 1.165) is 11.1 Å². The largest absolute Gasteiger partial charge is 0.388 e. The van der Waals surface area contributed by atoms with Crippen LogP contribution < -0.4 is 5.32 Å². The maximum atomic E-state index is 13.3. The lowest BCUT2D eigenvalue weighted by molar-refractivity contribution is 0.0759. The van der Waals surface area contributed by atoms with Gasteiger partial charge in [0, 0.05) is 24.4 Å². The van der Waals surface area contributed by atoms with E-state index in [1.165, 1.54) is 24.5 Å². The van der Waals surface area contributed by atoms with Gasteiger partial charge in [0.2, 0.25) is 0 Å². The number of alkyl halides is 1. The number of rotatable bonds is 8. The van der Waals surface area contributed by atoms with Crippen LogP contribution in [-0.4, -0.2) is 52.1 Å². The second-order valence-electron chi connectivity index (χ2n) is 7.71. The lowest BCUT2D eigenvalue weighted by Crippen LogP contribution is -2.46. The van der Waals surface area contributed by atoms with Crippen molar-refractivity contribution in [3.8, 4) is 0 Å². The maximum absolute atomic E-state index is 13.3. The molecule has 0 aliphatic carbocycles. The zero-order valence-electron chi connectivity index (χ0n) is 18.0. The standard InChI is InChI=1S/C25H21ClF2N4O2/c26-19-4-1-3-18(24(19)21-11-16(14-31-21)15-5-7-17(28)8-6-15)25(34)32-20(22(33)13-27)12-23-29-9-2-10-30-23/h1-11,20,22,33H,12-14H2,(H,32,34)/t20-,22+/m1/s1. The molecular formula is C25H21ClF2N4O2. The molecule has 34 heavy (non-hydrogen) atoms. The highest BCUT2D eigenvalue weighted by Crippen LogP contribution is 2.28. The number of benzene rings is 2. The molecule has 2 N–H and O–H groups in total. The van der Waals surface area contributed by atoms with Crippen LogP contribution in [0.1, 0.15) is 27.3 Å². The Morgan fingerprint density at radius 2 is 1.85 bits per heavy atom. The van der Waals surface area contributed by atoms with Crippen molar-refractivity contribution in [1.82, 2.24) is 15.3 Å². The number of aliphatic imine (C=N–C) groups is 1. The van der Waals surface area contributed by atoms with Gasteiger partial charge in [-0.3, -0.25) is 9.79 Å². The summed E-state index contributed by atoms with van der Waals surface area (Å²) in [6.07, 6.45) is 3.47.